The largest absolute Gasteiger partial charge is 0.497 e. The third kappa shape index (κ3) is 3.06. The highest BCUT2D eigenvalue weighted by Gasteiger charge is 2.24. The van der Waals surface area contributed by atoms with E-state index in [0.29, 0.717) is 36.0 Å². The lowest BCUT2D eigenvalue weighted by atomic mass is 10.1. The predicted molar refractivity (Wildman–Crippen MR) is 91.0 cm³/mol. The SMILES string of the molecule is COc1cccc(C2=N/C(=C/c3ccc4c(c3)OCCO4)C(=O)O2)c1. The maximum Gasteiger partial charge on any atom is 0.363 e. The first-order chi connectivity index (χ1) is 12.2. The molecule has 0 saturated carbocycles. The number of hydrogen-bond acceptors (Lipinski definition) is 6. The van der Waals surface area contributed by atoms with Crippen LogP contribution >= 0.6 is 0 Å². The molecule has 0 spiro atoms. The normalized spacial score (nSPS) is 17.2. The van der Waals surface area contributed by atoms with Gasteiger partial charge in [-0.2, -0.15) is 0 Å². The van der Waals surface area contributed by atoms with E-state index in [1.807, 2.05) is 36.4 Å². The Morgan fingerprint density at radius 1 is 1.08 bits per heavy atom. The number of esters is 1. The molecule has 0 saturated heterocycles. The Morgan fingerprint density at radius 3 is 2.76 bits per heavy atom. The van der Waals surface area contributed by atoms with E-state index in [-0.39, 0.29) is 11.6 Å². The molecule has 0 aromatic heterocycles. The molecule has 0 fully saturated rings. The van der Waals surface area contributed by atoms with Crippen LogP contribution in [0.4, 0.5) is 0 Å². The van der Waals surface area contributed by atoms with E-state index in [4.69, 9.17) is 18.9 Å². The summed E-state index contributed by atoms with van der Waals surface area (Å²) in [5.41, 5.74) is 1.69. The summed E-state index contributed by atoms with van der Waals surface area (Å²) < 4.78 is 21.5. The van der Waals surface area contributed by atoms with E-state index in [9.17, 15) is 4.79 Å². The first-order valence-corrected chi connectivity index (χ1v) is 7.79. The van der Waals surface area contributed by atoms with Crippen molar-refractivity contribution in [1.82, 2.24) is 0 Å². The van der Waals surface area contributed by atoms with E-state index >= 15 is 0 Å². The second-order valence-corrected chi connectivity index (χ2v) is 5.47. The minimum atomic E-state index is -0.493. The van der Waals surface area contributed by atoms with Crippen molar-refractivity contribution in [3.8, 4) is 17.2 Å². The molecule has 0 radical (unpaired) electrons. The maximum absolute atomic E-state index is 12.1. The molecule has 0 unspecified atom stereocenters. The zero-order chi connectivity index (χ0) is 17.2. The number of ether oxygens (including phenoxy) is 4. The average Bonchev–Trinajstić information content (AvgIpc) is 3.02. The van der Waals surface area contributed by atoms with Gasteiger partial charge in [0.25, 0.3) is 0 Å². The van der Waals surface area contributed by atoms with Gasteiger partial charge >= 0.3 is 5.97 Å². The summed E-state index contributed by atoms with van der Waals surface area (Å²) >= 11 is 0. The molecule has 2 aromatic rings. The van der Waals surface area contributed by atoms with Crippen LogP contribution in [0.3, 0.4) is 0 Å². The second-order valence-electron chi connectivity index (χ2n) is 5.47. The first kappa shape index (κ1) is 15.3. The number of cyclic esters (lactones) is 1. The van der Waals surface area contributed by atoms with E-state index in [1.165, 1.54) is 0 Å². The van der Waals surface area contributed by atoms with Gasteiger partial charge in [-0.05, 0) is 42.0 Å². The van der Waals surface area contributed by atoms with Gasteiger partial charge in [0.2, 0.25) is 5.90 Å². The second kappa shape index (κ2) is 6.32. The Bertz CT molecular complexity index is 900. The van der Waals surface area contributed by atoms with Crippen molar-refractivity contribution in [3.63, 3.8) is 0 Å². The van der Waals surface area contributed by atoms with Crippen molar-refractivity contribution in [1.29, 1.82) is 0 Å². The molecule has 2 heterocycles. The lowest BCUT2D eigenvalue weighted by Crippen LogP contribution is -2.15. The van der Waals surface area contributed by atoms with Crippen LogP contribution < -0.4 is 14.2 Å². The molecular weight excluding hydrogens is 322 g/mol. The van der Waals surface area contributed by atoms with Crippen LogP contribution in [-0.2, 0) is 9.53 Å². The number of hydrogen-bond donors (Lipinski definition) is 0. The number of rotatable bonds is 3. The van der Waals surface area contributed by atoms with E-state index < -0.39 is 5.97 Å². The molecule has 0 aliphatic carbocycles. The molecule has 0 N–H and O–H groups in total. The Labute approximate surface area is 144 Å². The molecule has 6 nitrogen and oxygen atoms in total. The fourth-order valence-electron chi connectivity index (χ4n) is 2.60. The summed E-state index contributed by atoms with van der Waals surface area (Å²) in [7, 11) is 1.58. The third-order valence-electron chi connectivity index (χ3n) is 3.81. The van der Waals surface area contributed by atoms with Crippen LogP contribution in [0.1, 0.15) is 11.1 Å². The van der Waals surface area contributed by atoms with Crippen molar-refractivity contribution < 1.29 is 23.7 Å². The zero-order valence-electron chi connectivity index (χ0n) is 13.5. The minimum absolute atomic E-state index is 0.231. The van der Waals surface area contributed by atoms with Gasteiger partial charge in [-0.3, -0.25) is 0 Å². The van der Waals surface area contributed by atoms with Gasteiger partial charge in [-0.1, -0.05) is 12.1 Å². The predicted octanol–water partition coefficient (Wildman–Crippen LogP) is 2.81. The van der Waals surface area contributed by atoms with Crippen LogP contribution in [0.15, 0.2) is 53.2 Å². The topological polar surface area (TPSA) is 66.3 Å². The monoisotopic (exact) mass is 337 g/mol. The first-order valence-electron chi connectivity index (χ1n) is 7.79. The highest BCUT2D eigenvalue weighted by atomic mass is 16.6. The molecule has 4 rings (SSSR count). The van der Waals surface area contributed by atoms with E-state index in [2.05, 4.69) is 4.99 Å². The summed E-state index contributed by atoms with van der Waals surface area (Å²) in [6.07, 6.45) is 1.66. The number of carbonyl (C=O) groups is 1. The molecule has 2 aliphatic rings. The molecule has 6 heteroatoms. The lowest BCUT2D eigenvalue weighted by Gasteiger charge is -2.18. The molecular formula is C19H15NO5. The van der Waals surface area contributed by atoms with Gasteiger partial charge < -0.3 is 18.9 Å². The summed E-state index contributed by atoms with van der Waals surface area (Å²) in [6, 6.07) is 12.7. The van der Waals surface area contributed by atoms with Crippen molar-refractivity contribution in [2.24, 2.45) is 4.99 Å². The zero-order valence-corrected chi connectivity index (χ0v) is 13.5. The summed E-state index contributed by atoms with van der Waals surface area (Å²) in [6.45, 7) is 1.04. The van der Waals surface area contributed by atoms with Gasteiger partial charge in [0.1, 0.15) is 19.0 Å². The van der Waals surface area contributed by atoms with Crippen molar-refractivity contribution in [2.75, 3.05) is 20.3 Å². The van der Waals surface area contributed by atoms with Crippen molar-refractivity contribution in [3.05, 3.63) is 59.3 Å². The Hall–Kier alpha value is -3.28. The van der Waals surface area contributed by atoms with Crippen molar-refractivity contribution >= 4 is 17.9 Å². The molecule has 0 amide bonds. The highest BCUT2D eigenvalue weighted by molar-refractivity contribution is 6.13. The highest BCUT2D eigenvalue weighted by Crippen LogP contribution is 2.32. The van der Waals surface area contributed by atoms with Crippen molar-refractivity contribution in [2.45, 2.75) is 0 Å². The average molecular weight is 337 g/mol. The fraction of sp³-hybridized carbons (Fsp3) is 0.158. The van der Waals surface area contributed by atoms with Crippen LogP contribution in [-0.4, -0.2) is 32.2 Å². The number of benzene rings is 2. The maximum atomic E-state index is 12.1. The van der Waals surface area contributed by atoms with Gasteiger partial charge in [0.05, 0.1) is 7.11 Å². The van der Waals surface area contributed by atoms with E-state index in [1.54, 1.807) is 19.3 Å². The summed E-state index contributed by atoms with van der Waals surface area (Å²) in [4.78, 5) is 16.4. The molecule has 2 aromatic carbocycles. The number of methoxy groups -OCH3 is 1. The minimum Gasteiger partial charge on any atom is -0.497 e. The Morgan fingerprint density at radius 2 is 1.92 bits per heavy atom. The Balaban J connectivity index is 1.64. The number of nitrogens with zero attached hydrogens (tertiary/aromatic N) is 1. The smallest absolute Gasteiger partial charge is 0.363 e. The third-order valence-corrected chi connectivity index (χ3v) is 3.81. The van der Waals surface area contributed by atoms with Gasteiger partial charge in [0.15, 0.2) is 17.2 Å². The van der Waals surface area contributed by atoms with Crippen LogP contribution in [0.25, 0.3) is 6.08 Å². The van der Waals surface area contributed by atoms with Gasteiger partial charge in [-0.15, -0.1) is 0 Å². The molecule has 0 atom stereocenters. The number of carbonyl (C=O) groups excluding carboxylic acids is 1. The fourth-order valence-corrected chi connectivity index (χ4v) is 2.60. The summed E-state index contributed by atoms with van der Waals surface area (Å²) in [5.74, 6) is 1.79. The molecule has 25 heavy (non-hydrogen) atoms. The van der Waals surface area contributed by atoms with Crippen LogP contribution in [0, 0.1) is 0 Å². The standard InChI is InChI=1S/C19H15NO5/c1-22-14-4-2-3-13(11-14)18-20-15(19(21)25-18)9-12-5-6-16-17(10-12)24-8-7-23-16/h2-6,9-11H,7-8H2,1H3/b15-9+. The number of fused-ring (bicyclic) bond motifs is 1. The number of aliphatic imine (C=N–C) groups is 1. The van der Waals surface area contributed by atoms with Crippen LogP contribution in [0.2, 0.25) is 0 Å². The quantitative estimate of drug-likeness (QED) is 0.636. The lowest BCUT2D eigenvalue weighted by molar-refractivity contribution is -0.129. The molecule has 0 bridgehead atoms. The van der Waals surface area contributed by atoms with Crippen LogP contribution in [0.5, 0.6) is 17.2 Å². The Kier molecular flexibility index (Phi) is 3.85. The molecule has 126 valence electrons. The van der Waals surface area contributed by atoms with Gasteiger partial charge in [-0.25, -0.2) is 9.79 Å². The molecule has 2 aliphatic heterocycles. The van der Waals surface area contributed by atoms with E-state index in [0.717, 1.165) is 5.56 Å². The van der Waals surface area contributed by atoms with Gasteiger partial charge in [0, 0.05) is 5.56 Å². The summed E-state index contributed by atoms with van der Waals surface area (Å²) in [5, 5.41) is 0.